The zero-order valence-corrected chi connectivity index (χ0v) is 23.1. The molecular formula is C30H42N4O4. The zero-order valence-electron chi connectivity index (χ0n) is 23.1. The van der Waals surface area contributed by atoms with Gasteiger partial charge in [0.05, 0.1) is 36.3 Å². The maximum absolute atomic E-state index is 13.2. The number of amides is 4. The summed E-state index contributed by atoms with van der Waals surface area (Å²) < 4.78 is 0. The van der Waals surface area contributed by atoms with E-state index >= 15 is 0 Å². The molecule has 0 spiro atoms. The molecule has 206 valence electrons. The Kier molecular flexibility index (Phi) is 7.74. The molecule has 2 saturated heterocycles. The molecule has 0 bridgehead atoms. The van der Waals surface area contributed by atoms with Gasteiger partial charge in [-0.2, -0.15) is 0 Å². The van der Waals surface area contributed by atoms with E-state index in [0.29, 0.717) is 35.0 Å². The predicted octanol–water partition coefficient (Wildman–Crippen LogP) is 3.78. The van der Waals surface area contributed by atoms with Gasteiger partial charge in [0.25, 0.3) is 11.8 Å². The molecule has 0 radical (unpaired) electrons. The average Bonchev–Trinajstić information content (AvgIpc) is 3.33. The zero-order chi connectivity index (χ0) is 27.1. The molecule has 5 rings (SSSR count). The Morgan fingerprint density at radius 3 is 1.34 bits per heavy atom. The maximum atomic E-state index is 13.2. The molecule has 8 unspecified atom stereocenters. The van der Waals surface area contributed by atoms with Crippen LogP contribution < -0.4 is 20.4 Å². The molecule has 8 nitrogen and oxygen atoms in total. The van der Waals surface area contributed by atoms with E-state index in [2.05, 4.69) is 38.3 Å². The van der Waals surface area contributed by atoms with Crippen molar-refractivity contribution in [2.75, 3.05) is 9.80 Å². The Balaban J connectivity index is 1.24. The van der Waals surface area contributed by atoms with Crippen LogP contribution in [0.5, 0.6) is 0 Å². The fraction of sp³-hybridized carbons (Fsp3) is 0.667. The quantitative estimate of drug-likeness (QED) is 0.552. The molecule has 2 N–H and O–H groups in total. The second-order valence-corrected chi connectivity index (χ2v) is 12.2. The molecule has 8 heteroatoms. The Labute approximate surface area is 225 Å². The van der Waals surface area contributed by atoms with Crippen LogP contribution in [0.2, 0.25) is 0 Å². The number of hydrogen-bond donors (Lipinski definition) is 2. The summed E-state index contributed by atoms with van der Waals surface area (Å²) in [4.78, 5) is 54.6. The smallest absolute Gasteiger partial charge is 0.251 e. The van der Waals surface area contributed by atoms with Crippen LogP contribution in [0.3, 0.4) is 0 Å². The van der Waals surface area contributed by atoms with Gasteiger partial charge in [-0.15, -0.1) is 0 Å². The molecule has 4 amide bonds. The van der Waals surface area contributed by atoms with Crippen LogP contribution in [0, 0.1) is 23.7 Å². The highest BCUT2D eigenvalue weighted by molar-refractivity contribution is 6.24. The molecule has 8 atom stereocenters. The SMILES string of the molecule is CC1CCCC(NC2CC(=O)N(c3ccc(N4C(=O)CC(NC5CCCC(C)C5C)C4=O)cc3)C2=O)C1C. The first-order valence-electron chi connectivity index (χ1n) is 14.5. The van der Waals surface area contributed by atoms with Gasteiger partial charge in [0.2, 0.25) is 11.8 Å². The van der Waals surface area contributed by atoms with Crippen LogP contribution in [-0.4, -0.2) is 47.8 Å². The van der Waals surface area contributed by atoms with E-state index in [4.69, 9.17) is 0 Å². The largest absolute Gasteiger partial charge is 0.302 e. The van der Waals surface area contributed by atoms with Crippen LogP contribution >= 0.6 is 0 Å². The second-order valence-electron chi connectivity index (χ2n) is 12.2. The van der Waals surface area contributed by atoms with Crippen molar-refractivity contribution in [2.24, 2.45) is 23.7 Å². The highest BCUT2D eigenvalue weighted by atomic mass is 16.2. The van der Waals surface area contributed by atoms with Crippen molar-refractivity contribution in [3.8, 4) is 0 Å². The molecule has 2 aliphatic carbocycles. The third kappa shape index (κ3) is 5.05. The Bertz CT molecular complexity index is 1000. The van der Waals surface area contributed by atoms with Crippen molar-refractivity contribution in [1.82, 2.24) is 10.6 Å². The Morgan fingerprint density at radius 2 is 0.974 bits per heavy atom. The summed E-state index contributed by atoms with van der Waals surface area (Å²) in [6, 6.07) is 6.07. The van der Waals surface area contributed by atoms with Crippen LogP contribution in [0.15, 0.2) is 24.3 Å². The third-order valence-electron chi connectivity index (χ3n) is 9.90. The van der Waals surface area contributed by atoms with E-state index in [1.807, 2.05) is 0 Å². The van der Waals surface area contributed by atoms with E-state index in [1.54, 1.807) is 24.3 Å². The fourth-order valence-electron chi connectivity index (χ4n) is 6.97. The van der Waals surface area contributed by atoms with Crippen LogP contribution in [-0.2, 0) is 19.2 Å². The summed E-state index contributed by atoms with van der Waals surface area (Å²) >= 11 is 0. The lowest BCUT2D eigenvalue weighted by Crippen LogP contribution is -2.49. The number of nitrogens with one attached hydrogen (secondary N) is 2. The van der Waals surface area contributed by atoms with Gasteiger partial charge in [-0.25, -0.2) is 9.80 Å². The summed E-state index contributed by atoms with van der Waals surface area (Å²) in [5.74, 6) is 1.17. The monoisotopic (exact) mass is 522 g/mol. The van der Waals surface area contributed by atoms with Gasteiger partial charge in [0.1, 0.15) is 0 Å². The molecular weight excluding hydrogens is 480 g/mol. The van der Waals surface area contributed by atoms with E-state index in [9.17, 15) is 19.2 Å². The Hall–Kier alpha value is -2.58. The van der Waals surface area contributed by atoms with E-state index in [1.165, 1.54) is 22.6 Å². The van der Waals surface area contributed by atoms with E-state index in [-0.39, 0.29) is 48.6 Å². The van der Waals surface area contributed by atoms with Crippen molar-refractivity contribution in [3.63, 3.8) is 0 Å². The molecule has 2 aliphatic heterocycles. The average molecular weight is 523 g/mol. The fourth-order valence-corrected chi connectivity index (χ4v) is 6.97. The van der Waals surface area contributed by atoms with Gasteiger partial charge >= 0.3 is 0 Å². The summed E-state index contributed by atoms with van der Waals surface area (Å²) in [7, 11) is 0. The van der Waals surface area contributed by atoms with Crippen LogP contribution in [0.25, 0.3) is 0 Å². The Morgan fingerprint density at radius 1 is 0.605 bits per heavy atom. The van der Waals surface area contributed by atoms with Crippen LogP contribution in [0.4, 0.5) is 11.4 Å². The predicted molar refractivity (Wildman–Crippen MR) is 146 cm³/mol. The molecule has 1 aromatic rings. The number of rotatable bonds is 6. The van der Waals surface area contributed by atoms with Crippen molar-refractivity contribution < 1.29 is 19.2 Å². The molecule has 0 aromatic heterocycles. The highest BCUT2D eigenvalue weighted by Gasteiger charge is 2.43. The molecule has 4 fully saturated rings. The lowest BCUT2D eigenvalue weighted by Gasteiger charge is -2.36. The van der Waals surface area contributed by atoms with Crippen LogP contribution in [0.1, 0.15) is 79.1 Å². The van der Waals surface area contributed by atoms with Crippen molar-refractivity contribution in [1.29, 1.82) is 0 Å². The number of hydrogen-bond acceptors (Lipinski definition) is 6. The van der Waals surface area contributed by atoms with Gasteiger partial charge in [-0.05, 0) is 60.8 Å². The number of benzene rings is 1. The lowest BCUT2D eigenvalue weighted by atomic mass is 9.78. The summed E-state index contributed by atoms with van der Waals surface area (Å²) in [6.45, 7) is 8.94. The van der Waals surface area contributed by atoms with Gasteiger partial charge in [0, 0.05) is 12.1 Å². The molecule has 4 aliphatic rings. The number of anilines is 2. The van der Waals surface area contributed by atoms with Crippen molar-refractivity contribution in [2.45, 2.75) is 103 Å². The first-order valence-corrected chi connectivity index (χ1v) is 14.5. The van der Waals surface area contributed by atoms with Gasteiger partial charge in [-0.3, -0.25) is 19.2 Å². The standard InChI is InChI=1S/C30H42N4O4/c1-17-7-5-9-23(19(17)3)31-25-15-27(35)33(29(25)37)21-11-13-22(14-12-21)34-28(36)16-26(30(34)38)32-24-10-6-8-18(2)20(24)4/h11-14,17-20,23-26,31-32H,5-10,15-16H2,1-4H3. The minimum absolute atomic E-state index is 0.146. The summed E-state index contributed by atoms with van der Waals surface area (Å²) in [5, 5.41) is 6.95. The summed E-state index contributed by atoms with van der Waals surface area (Å²) in [5.41, 5.74) is 0.939. The maximum Gasteiger partial charge on any atom is 0.251 e. The second kappa shape index (κ2) is 10.9. The molecule has 1 aromatic carbocycles. The number of carbonyl (C=O) groups is 4. The third-order valence-corrected chi connectivity index (χ3v) is 9.90. The van der Waals surface area contributed by atoms with E-state index in [0.717, 1.165) is 25.7 Å². The van der Waals surface area contributed by atoms with Crippen molar-refractivity contribution in [3.05, 3.63) is 24.3 Å². The minimum Gasteiger partial charge on any atom is -0.302 e. The highest BCUT2D eigenvalue weighted by Crippen LogP contribution is 2.34. The van der Waals surface area contributed by atoms with Gasteiger partial charge < -0.3 is 10.6 Å². The number of imide groups is 2. The van der Waals surface area contributed by atoms with Gasteiger partial charge in [0.15, 0.2) is 0 Å². The first-order chi connectivity index (χ1) is 18.2. The first kappa shape index (κ1) is 27.0. The minimum atomic E-state index is -0.515. The van der Waals surface area contributed by atoms with Gasteiger partial charge in [-0.1, -0.05) is 53.4 Å². The number of nitrogens with zero attached hydrogens (tertiary/aromatic N) is 2. The summed E-state index contributed by atoms with van der Waals surface area (Å²) in [6.07, 6.45) is 6.99. The normalized spacial score (nSPS) is 36.4. The van der Waals surface area contributed by atoms with E-state index < -0.39 is 12.1 Å². The number of carbonyl (C=O) groups excluding carboxylic acids is 4. The molecule has 38 heavy (non-hydrogen) atoms. The topological polar surface area (TPSA) is 98.8 Å². The lowest BCUT2D eigenvalue weighted by molar-refractivity contribution is -0.123. The molecule has 2 heterocycles. The van der Waals surface area contributed by atoms with Crippen molar-refractivity contribution >= 4 is 35.0 Å². The molecule has 2 saturated carbocycles.